The first kappa shape index (κ1) is 27.7. The van der Waals surface area contributed by atoms with E-state index < -0.39 is 22.0 Å². The number of amides is 2. The van der Waals surface area contributed by atoms with Crippen molar-refractivity contribution < 1.29 is 18.0 Å². The van der Waals surface area contributed by atoms with Crippen molar-refractivity contribution in [2.45, 2.75) is 77.9 Å². The van der Waals surface area contributed by atoms with E-state index in [9.17, 15) is 18.0 Å². The number of sulfonamides is 1. The number of hydrogen-bond acceptors (Lipinski definition) is 4. The van der Waals surface area contributed by atoms with Crippen LogP contribution in [0, 0.1) is 6.92 Å². The molecular formula is C28H39N3O4S. The zero-order chi connectivity index (χ0) is 26.5. The van der Waals surface area contributed by atoms with Gasteiger partial charge < -0.3 is 10.2 Å². The highest BCUT2D eigenvalue weighted by atomic mass is 32.2. The molecule has 36 heavy (non-hydrogen) atoms. The van der Waals surface area contributed by atoms with Crippen LogP contribution in [0.4, 0.5) is 5.69 Å². The van der Waals surface area contributed by atoms with Crippen LogP contribution < -0.4 is 9.62 Å². The molecular weight excluding hydrogens is 474 g/mol. The van der Waals surface area contributed by atoms with Crippen molar-refractivity contribution in [3.63, 3.8) is 0 Å². The maximum atomic E-state index is 13.7. The van der Waals surface area contributed by atoms with Gasteiger partial charge in [-0.2, -0.15) is 0 Å². The maximum absolute atomic E-state index is 13.7. The number of hydrogen-bond donors (Lipinski definition) is 1. The summed E-state index contributed by atoms with van der Waals surface area (Å²) < 4.78 is 26.9. The lowest BCUT2D eigenvalue weighted by molar-refractivity contribution is -0.139. The fourth-order valence-electron chi connectivity index (χ4n) is 4.66. The lowest BCUT2D eigenvalue weighted by Gasteiger charge is -2.32. The number of nitrogens with zero attached hydrogens (tertiary/aromatic N) is 2. The molecule has 0 spiro atoms. The molecule has 1 N–H and O–H groups in total. The summed E-state index contributed by atoms with van der Waals surface area (Å²) in [4.78, 5) is 28.4. The number of aryl methyl sites for hydroxylation is 1. The van der Waals surface area contributed by atoms with Crippen molar-refractivity contribution in [2.75, 3.05) is 17.1 Å². The Morgan fingerprint density at radius 3 is 2.19 bits per heavy atom. The quantitative estimate of drug-likeness (QED) is 0.511. The minimum atomic E-state index is -3.76. The van der Waals surface area contributed by atoms with Gasteiger partial charge in [0.15, 0.2) is 0 Å². The Hall–Kier alpha value is -2.87. The Kier molecular flexibility index (Phi) is 9.17. The van der Waals surface area contributed by atoms with Crippen molar-refractivity contribution >= 4 is 27.5 Å². The number of benzene rings is 2. The van der Waals surface area contributed by atoms with E-state index >= 15 is 0 Å². The lowest BCUT2D eigenvalue weighted by atomic mass is 10.0. The van der Waals surface area contributed by atoms with Gasteiger partial charge in [-0.1, -0.05) is 74.7 Å². The van der Waals surface area contributed by atoms with Crippen LogP contribution in [-0.2, 0) is 26.2 Å². The Labute approximate surface area is 215 Å². The number of carbonyl (C=O) groups is 2. The summed E-state index contributed by atoms with van der Waals surface area (Å²) in [5, 5.41) is 3.08. The van der Waals surface area contributed by atoms with Crippen LogP contribution in [0.5, 0.6) is 0 Å². The van der Waals surface area contributed by atoms with Gasteiger partial charge >= 0.3 is 0 Å². The third kappa shape index (κ3) is 7.09. The number of para-hydroxylation sites is 1. The van der Waals surface area contributed by atoms with Crippen LogP contribution in [0.3, 0.4) is 0 Å². The van der Waals surface area contributed by atoms with Crippen molar-refractivity contribution in [3.05, 3.63) is 65.2 Å². The highest BCUT2D eigenvalue weighted by Crippen LogP contribution is 2.29. The van der Waals surface area contributed by atoms with Crippen LogP contribution >= 0.6 is 0 Å². The standard InChI is InChI=1S/C28H39N3O4S/c1-20(2)25-12-8-9-13-26(25)31(36(5,34)35)19-27(32)30(18-23-16-14-21(3)15-17-23)22(4)28(33)29-24-10-6-7-11-24/h8-9,12-17,20,22,24H,6-7,10-11,18-19H2,1-5H3,(H,29,33). The Balaban J connectivity index is 1.92. The average molecular weight is 514 g/mol. The molecule has 0 bridgehead atoms. The monoisotopic (exact) mass is 513 g/mol. The fraction of sp³-hybridized carbons (Fsp3) is 0.500. The van der Waals surface area contributed by atoms with Crippen molar-refractivity contribution in [1.29, 1.82) is 0 Å². The molecule has 7 nitrogen and oxygen atoms in total. The van der Waals surface area contributed by atoms with Gasteiger partial charge in [0, 0.05) is 12.6 Å². The third-order valence-electron chi connectivity index (χ3n) is 6.85. The molecule has 1 atom stereocenters. The summed E-state index contributed by atoms with van der Waals surface area (Å²) in [7, 11) is -3.76. The van der Waals surface area contributed by atoms with E-state index in [0.717, 1.165) is 52.9 Å². The van der Waals surface area contributed by atoms with E-state index in [1.807, 2.05) is 57.2 Å². The minimum absolute atomic E-state index is 0.0697. The Morgan fingerprint density at radius 1 is 1.00 bits per heavy atom. The first-order valence-corrected chi connectivity index (χ1v) is 14.5. The summed E-state index contributed by atoms with van der Waals surface area (Å²) in [6, 6.07) is 14.4. The van der Waals surface area contributed by atoms with Crippen LogP contribution in [0.2, 0.25) is 0 Å². The molecule has 1 saturated carbocycles. The molecule has 2 amide bonds. The molecule has 0 radical (unpaired) electrons. The largest absolute Gasteiger partial charge is 0.352 e. The first-order chi connectivity index (χ1) is 17.0. The van der Waals surface area contributed by atoms with Gasteiger partial charge in [0.25, 0.3) is 0 Å². The highest BCUT2D eigenvalue weighted by molar-refractivity contribution is 7.92. The van der Waals surface area contributed by atoms with Crippen molar-refractivity contribution in [2.24, 2.45) is 0 Å². The summed E-state index contributed by atoms with van der Waals surface area (Å²) in [5.74, 6) is -0.565. The molecule has 0 aliphatic heterocycles. The van der Waals surface area contributed by atoms with Gasteiger partial charge in [0.1, 0.15) is 12.6 Å². The van der Waals surface area contributed by atoms with Crippen LogP contribution in [0.15, 0.2) is 48.5 Å². The second-order valence-electron chi connectivity index (χ2n) is 10.2. The molecule has 0 saturated heterocycles. The van der Waals surface area contributed by atoms with E-state index in [-0.39, 0.29) is 31.0 Å². The topological polar surface area (TPSA) is 86.8 Å². The first-order valence-electron chi connectivity index (χ1n) is 12.7. The Morgan fingerprint density at radius 2 is 1.61 bits per heavy atom. The van der Waals surface area contributed by atoms with Gasteiger partial charge in [0.2, 0.25) is 21.8 Å². The van der Waals surface area contributed by atoms with Gasteiger partial charge in [-0.25, -0.2) is 8.42 Å². The van der Waals surface area contributed by atoms with E-state index in [4.69, 9.17) is 0 Å². The molecule has 1 fully saturated rings. The summed E-state index contributed by atoms with van der Waals surface area (Å²) >= 11 is 0. The zero-order valence-corrected chi connectivity index (χ0v) is 22.8. The normalized spacial score (nSPS) is 15.1. The molecule has 3 rings (SSSR count). The number of anilines is 1. The number of carbonyl (C=O) groups excluding carboxylic acids is 2. The summed E-state index contributed by atoms with van der Waals surface area (Å²) in [6.45, 7) is 7.50. The molecule has 1 aliphatic rings. The highest BCUT2D eigenvalue weighted by Gasteiger charge is 2.32. The fourth-order valence-corrected chi connectivity index (χ4v) is 5.53. The maximum Gasteiger partial charge on any atom is 0.244 e. The molecule has 8 heteroatoms. The zero-order valence-electron chi connectivity index (χ0n) is 22.0. The van der Waals surface area contributed by atoms with Crippen LogP contribution in [0.25, 0.3) is 0 Å². The molecule has 0 aromatic heterocycles. The lowest BCUT2D eigenvalue weighted by Crippen LogP contribution is -2.52. The van der Waals surface area contributed by atoms with E-state index in [1.165, 1.54) is 4.90 Å². The second-order valence-corrected chi connectivity index (χ2v) is 12.1. The van der Waals surface area contributed by atoms with Crippen LogP contribution in [0.1, 0.15) is 69.1 Å². The third-order valence-corrected chi connectivity index (χ3v) is 7.98. The van der Waals surface area contributed by atoms with Crippen LogP contribution in [-0.4, -0.2) is 50.0 Å². The van der Waals surface area contributed by atoms with Gasteiger partial charge in [-0.15, -0.1) is 0 Å². The molecule has 2 aromatic rings. The van der Waals surface area contributed by atoms with Crippen molar-refractivity contribution in [3.8, 4) is 0 Å². The minimum Gasteiger partial charge on any atom is -0.352 e. The SMILES string of the molecule is Cc1ccc(CN(C(=O)CN(c2ccccc2C(C)C)S(C)(=O)=O)C(C)C(=O)NC2CCCC2)cc1. The molecule has 1 unspecified atom stereocenters. The van der Waals surface area contributed by atoms with E-state index in [2.05, 4.69) is 5.32 Å². The predicted molar refractivity (Wildman–Crippen MR) is 144 cm³/mol. The van der Waals surface area contributed by atoms with Gasteiger partial charge in [-0.05, 0) is 49.8 Å². The van der Waals surface area contributed by atoms with E-state index in [0.29, 0.717) is 5.69 Å². The molecule has 0 heterocycles. The smallest absolute Gasteiger partial charge is 0.244 e. The average Bonchev–Trinajstić information content (AvgIpc) is 3.33. The summed E-state index contributed by atoms with van der Waals surface area (Å²) in [5.41, 5.74) is 3.30. The summed E-state index contributed by atoms with van der Waals surface area (Å²) in [6.07, 6.45) is 5.17. The number of rotatable bonds is 10. The van der Waals surface area contributed by atoms with Gasteiger partial charge in [0.05, 0.1) is 11.9 Å². The molecule has 196 valence electrons. The molecule has 2 aromatic carbocycles. The Bertz CT molecular complexity index is 1160. The van der Waals surface area contributed by atoms with Gasteiger partial charge in [-0.3, -0.25) is 13.9 Å². The van der Waals surface area contributed by atoms with Crippen molar-refractivity contribution in [1.82, 2.24) is 10.2 Å². The predicted octanol–water partition coefficient (Wildman–Crippen LogP) is 4.36. The second kappa shape index (κ2) is 11.9. The number of nitrogens with one attached hydrogen (secondary N) is 1. The molecule has 1 aliphatic carbocycles. The van der Waals surface area contributed by atoms with E-state index in [1.54, 1.807) is 19.1 Å².